The van der Waals surface area contributed by atoms with Gasteiger partial charge in [-0.2, -0.15) is 0 Å². The van der Waals surface area contributed by atoms with E-state index in [1.165, 1.54) is 6.42 Å². The molecule has 2 bridgehead atoms. The monoisotopic (exact) mass is 495 g/mol. The summed E-state index contributed by atoms with van der Waals surface area (Å²) in [5, 5.41) is 0.0524. The first kappa shape index (κ1) is 28.2. The van der Waals surface area contributed by atoms with Crippen LogP contribution in [0.2, 0.25) is 18.1 Å². The molecule has 0 aromatic rings. The Kier molecular flexibility index (Phi) is 7.59. The molecule has 4 fully saturated rings. The van der Waals surface area contributed by atoms with Crippen molar-refractivity contribution in [2.24, 2.45) is 23.0 Å². The van der Waals surface area contributed by atoms with Gasteiger partial charge in [-0.25, -0.2) is 0 Å². The highest BCUT2D eigenvalue weighted by Gasteiger charge is 2.68. The number of ether oxygens (including phenoxy) is 1. The van der Waals surface area contributed by atoms with E-state index in [0.29, 0.717) is 30.1 Å². The Balaban J connectivity index is 1.63. The quantitative estimate of drug-likeness (QED) is 0.355. The van der Waals surface area contributed by atoms with Crippen molar-refractivity contribution in [2.75, 3.05) is 0 Å². The lowest BCUT2D eigenvalue weighted by molar-refractivity contribution is -0.199. The third-order valence-electron chi connectivity index (χ3n) is 9.22. The largest absolute Gasteiger partial charge is 0.475 e. The van der Waals surface area contributed by atoms with E-state index >= 15 is 0 Å². The summed E-state index contributed by atoms with van der Waals surface area (Å²) in [5.41, 5.74) is 6.18. The molecule has 0 unspecified atom stereocenters. The van der Waals surface area contributed by atoms with Gasteiger partial charge in [0.15, 0.2) is 8.32 Å². The molecule has 0 aromatic carbocycles. The highest BCUT2D eigenvalue weighted by atomic mass is 28.4. The maximum absolute atomic E-state index is 12.7. The first-order valence-corrected chi connectivity index (χ1v) is 16.2. The van der Waals surface area contributed by atoms with Gasteiger partial charge in [0.2, 0.25) is 0 Å². The van der Waals surface area contributed by atoms with Crippen LogP contribution in [0.25, 0.3) is 0 Å². The fourth-order valence-electron chi connectivity index (χ4n) is 5.96. The van der Waals surface area contributed by atoms with Crippen LogP contribution in [0, 0.1) is 17.3 Å². The molecule has 3 saturated carbocycles. The second-order valence-corrected chi connectivity index (χ2v) is 19.1. The van der Waals surface area contributed by atoms with E-state index in [-0.39, 0.29) is 41.2 Å². The summed E-state index contributed by atoms with van der Waals surface area (Å²) >= 11 is 0. The van der Waals surface area contributed by atoms with Crippen molar-refractivity contribution in [3.63, 3.8) is 0 Å². The molecule has 2 N–H and O–H groups in total. The highest BCUT2D eigenvalue weighted by Crippen LogP contribution is 2.65. The smallest absolute Gasteiger partial charge is 0.460 e. The summed E-state index contributed by atoms with van der Waals surface area (Å²) in [7, 11) is -2.47. The minimum atomic E-state index is -2.07. The van der Waals surface area contributed by atoms with Crippen LogP contribution in [0.4, 0.5) is 0 Å². The fraction of sp³-hybridized carbons (Fsp3) is 0.962. The van der Waals surface area contributed by atoms with E-state index in [1.54, 1.807) is 0 Å². The summed E-state index contributed by atoms with van der Waals surface area (Å²) in [6.45, 7) is 23.7. The third kappa shape index (κ3) is 5.61. The molecular weight excluding hydrogens is 445 g/mol. The van der Waals surface area contributed by atoms with Crippen LogP contribution in [-0.2, 0) is 23.3 Å². The number of carbonyl (C=O) groups excluding carboxylic acids is 1. The van der Waals surface area contributed by atoms with Crippen LogP contribution in [0.5, 0.6) is 0 Å². The van der Waals surface area contributed by atoms with Gasteiger partial charge < -0.3 is 24.2 Å². The van der Waals surface area contributed by atoms with Crippen molar-refractivity contribution >= 4 is 21.4 Å². The molecule has 6 nitrogen and oxygen atoms in total. The molecule has 4 aliphatic rings. The Morgan fingerprint density at radius 2 is 1.74 bits per heavy atom. The van der Waals surface area contributed by atoms with Crippen molar-refractivity contribution in [3.05, 3.63) is 0 Å². The minimum Gasteiger partial charge on any atom is -0.460 e. The number of rotatable bonds is 8. The molecule has 1 aliphatic heterocycles. The highest BCUT2D eigenvalue weighted by molar-refractivity contribution is 6.74. The standard InChI is InChI=1S/C26H50BNO5Si/c1-23(2,3)30-22(29)16-18(32-34(10,11)24(4,5)6)12-13-21(28)27-31-20-15-17-14-19(25(17,7)8)26(20,9)33-27/h17-21H,12-16,28H2,1-11H3/t17-,18-,19-,20+,21-,26-/m0/s1. The van der Waals surface area contributed by atoms with Gasteiger partial charge in [-0.05, 0) is 88.8 Å². The van der Waals surface area contributed by atoms with Crippen LogP contribution in [0.1, 0.15) is 94.4 Å². The number of nitrogens with two attached hydrogens (primary N) is 1. The molecule has 6 atom stereocenters. The molecule has 34 heavy (non-hydrogen) atoms. The number of esters is 1. The van der Waals surface area contributed by atoms with Crippen LogP contribution >= 0.6 is 0 Å². The van der Waals surface area contributed by atoms with Gasteiger partial charge in [-0.1, -0.05) is 34.6 Å². The maximum atomic E-state index is 12.7. The van der Waals surface area contributed by atoms with Crippen molar-refractivity contribution in [3.8, 4) is 0 Å². The molecule has 196 valence electrons. The molecule has 0 amide bonds. The van der Waals surface area contributed by atoms with Gasteiger partial charge >= 0.3 is 13.1 Å². The Morgan fingerprint density at radius 3 is 2.26 bits per heavy atom. The van der Waals surface area contributed by atoms with E-state index in [4.69, 9.17) is 24.2 Å². The topological polar surface area (TPSA) is 80.0 Å². The van der Waals surface area contributed by atoms with Gasteiger partial charge in [0.05, 0.1) is 24.2 Å². The lowest BCUT2D eigenvalue weighted by Crippen LogP contribution is -2.65. The summed E-state index contributed by atoms with van der Waals surface area (Å²) in [5.74, 6) is 0.749. The molecule has 0 spiro atoms. The summed E-state index contributed by atoms with van der Waals surface area (Å²) < 4.78 is 25.2. The van der Waals surface area contributed by atoms with Crippen molar-refractivity contribution in [2.45, 2.75) is 142 Å². The maximum Gasteiger partial charge on any atom is 0.475 e. The zero-order valence-corrected chi connectivity index (χ0v) is 24.6. The van der Waals surface area contributed by atoms with Gasteiger partial charge in [-0.3, -0.25) is 4.79 Å². The van der Waals surface area contributed by atoms with E-state index in [9.17, 15) is 4.79 Å². The first-order valence-electron chi connectivity index (χ1n) is 13.2. The van der Waals surface area contributed by atoms with E-state index in [2.05, 4.69) is 54.6 Å². The molecule has 1 saturated heterocycles. The molecule has 0 radical (unpaired) electrons. The predicted molar refractivity (Wildman–Crippen MR) is 140 cm³/mol. The minimum absolute atomic E-state index is 0.0524. The van der Waals surface area contributed by atoms with Crippen LogP contribution in [-0.4, -0.2) is 50.8 Å². The molecular formula is C26H50BNO5Si. The number of hydrogen-bond acceptors (Lipinski definition) is 6. The van der Waals surface area contributed by atoms with Crippen LogP contribution in [0.3, 0.4) is 0 Å². The molecule has 0 aromatic heterocycles. The number of hydrogen-bond donors (Lipinski definition) is 1. The van der Waals surface area contributed by atoms with Crippen LogP contribution in [0.15, 0.2) is 0 Å². The Morgan fingerprint density at radius 1 is 1.12 bits per heavy atom. The molecule has 1 heterocycles. The van der Waals surface area contributed by atoms with Gasteiger partial charge in [0.1, 0.15) is 5.60 Å². The Hall–Kier alpha value is -0.408. The number of carbonyl (C=O) groups is 1. The SMILES string of the molecule is CC(C)(C)OC(=O)C[C@H](CC[C@H](N)B1O[C@@H]2C[C@@H]3C[C@@H](C3(C)C)[C@]2(C)O1)O[Si](C)(C)C(C)(C)C. The summed E-state index contributed by atoms with van der Waals surface area (Å²) in [6.07, 6.45) is 3.76. The van der Waals surface area contributed by atoms with E-state index < -0.39 is 21.0 Å². The Bertz CT molecular complexity index is 761. The molecule has 3 aliphatic carbocycles. The molecule has 8 heteroatoms. The van der Waals surface area contributed by atoms with Gasteiger partial charge in [0.25, 0.3) is 0 Å². The third-order valence-corrected chi connectivity index (χ3v) is 13.8. The zero-order chi connectivity index (χ0) is 25.9. The van der Waals surface area contributed by atoms with Gasteiger partial charge in [0, 0.05) is 5.94 Å². The van der Waals surface area contributed by atoms with Crippen molar-refractivity contribution in [1.29, 1.82) is 0 Å². The van der Waals surface area contributed by atoms with Crippen molar-refractivity contribution in [1.82, 2.24) is 0 Å². The second kappa shape index (κ2) is 9.16. The fourth-order valence-corrected chi connectivity index (χ4v) is 7.35. The average Bonchev–Trinajstić information content (AvgIpc) is 3.00. The average molecular weight is 496 g/mol. The van der Waals surface area contributed by atoms with Crippen LogP contribution < -0.4 is 5.73 Å². The lowest BCUT2D eigenvalue weighted by Gasteiger charge is -2.64. The molecule has 4 rings (SSSR count). The van der Waals surface area contributed by atoms with Gasteiger partial charge in [-0.15, -0.1) is 0 Å². The van der Waals surface area contributed by atoms with E-state index in [1.807, 2.05) is 20.8 Å². The summed E-state index contributed by atoms with van der Waals surface area (Å²) in [6, 6.07) is 0. The first-order chi connectivity index (χ1) is 15.3. The zero-order valence-electron chi connectivity index (χ0n) is 23.6. The lowest BCUT2D eigenvalue weighted by atomic mass is 9.43. The van der Waals surface area contributed by atoms with E-state index in [0.717, 1.165) is 6.42 Å². The second-order valence-electron chi connectivity index (χ2n) is 14.4. The predicted octanol–water partition coefficient (Wildman–Crippen LogP) is 5.48. The summed E-state index contributed by atoms with van der Waals surface area (Å²) in [4.78, 5) is 12.7. The normalized spacial score (nSPS) is 32.6. The Labute approximate surface area is 209 Å². The van der Waals surface area contributed by atoms with Crippen molar-refractivity contribution < 1.29 is 23.3 Å².